The average Bonchev–Trinajstić information content (AvgIpc) is 2.67. The molecule has 3 rings (SSSR count). The van der Waals surface area contributed by atoms with Gasteiger partial charge in [0.2, 0.25) is 0 Å². The molecule has 0 radical (unpaired) electrons. The first-order chi connectivity index (χ1) is 8.74. The van der Waals surface area contributed by atoms with Crippen LogP contribution >= 0.6 is 0 Å². The van der Waals surface area contributed by atoms with Crippen molar-refractivity contribution in [2.75, 3.05) is 0 Å². The molecule has 1 atom stereocenters. The zero-order valence-electron chi connectivity index (χ0n) is 10.8. The molecule has 0 saturated carbocycles. The van der Waals surface area contributed by atoms with Crippen LogP contribution in [0.15, 0.2) is 30.3 Å². The van der Waals surface area contributed by atoms with E-state index in [0.29, 0.717) is 0 Å². The minimum atomic E-state index is 0.287. The Labute approximate surface area is 108 Å². The maximum atomic E-state index is 6.03. The molecule has 1 aliphatic heterocycles. The van der Waals surface area contributed by atoms with Crippen molar-refractivity contribution < 1.29 is 0 Å². The highest BCUT2D eigenvalue weighted by molar-refractivity contribution is 5.27. The number of benzene rings is 1. The third-order valence-electron chi connectivity index (χ3n) is 3.73. The summed E-state index contributed by atoms with van der Waals surface area (Å²) in [6.07, 6.45) is 3.07. The van der Waals surface area contributed by atoms with Crippen molar-refractivity contribution in [2.45, 2.75) is 38.8 Å². The van der Waals surface area contributed by atoms with Gasteiger partial charge in [-0.25, -0.2) is 4.98 Å². The molecule has 1 aromatic carbocycles. The van der Waals surface area contributed by atoms with Crippen LogP contribution in [-0.2, 0) is 19.4 Å². The smallest absolute Gasteiger partial charge is 0.106 e. The Morgan fingerprint density at radius 2 is 2.11 bits per heavy atom. The van der Waals surface area contributed by atoms with Crippen LogP contribution in [0.3, 0.4) is 0 Å². The van der Waals surface area contributed by atoms with Gasteiger partial charge in [-0.05, 0) is 25.3 Å². The highest BCUT2D eigenvalue weighted by atomic mass is 15.1. The molecule has 0 spiro atoms. The summed E-state index contributed by atoms with van der Waals surface area (Å²) >= 11 is 0. The van der Waals surface area contributed by atoms with Gasteiger partial charge in [-0.3, -0.25) is 0 Å². The molecule has 1 unspecified atom stereocenters. The Kier molecular flexibility index (Phi) is 2.92. The van der Waals surface area contributed by atoms with Crippen LogP contribution < -0.4 is 5.73 Å². The van der Waals surface area contributed by atoms with Crippen LogP contribution in [0.1, 0.15) is 29.2 Å². The van der Waals surface area contributed by atoms with E-state index in [9.17, 15) is 0 Å². The summed E-state index contributed by atoms with van der Waals surface area (Å²) in [4.78, 5) is 4.73. The Hall–Kier alpha value is -1.61. The summed E-state index contributed by atoms with van der Waals surface area (Å²) in [5.41, 5.74) is 9.97. The molecule has 3 nitrogen and oxygen atoms in total. The zero-order chi connectivity index (χ0) is 12.5. The predicted octanol–water partition coefficient (Wildman–Crippen LogP) is 2.06. The lowest BCUT2D eigenvalue weighted by Gasteiger charge is -2.22. The van der Waals surface area contributed by atoms with Crippen molar-refractivity contribution in [2.24, 2.45) is 5.73 Å². The molecule has 3 heteroatoms. The number of nitrogens with zero attached hydrogens (tertiary/aromatic N) is 2. The van der Waals surface area contributed by atoms with E-state index in [2.05, 4.69) is 41.8 Å². The standard InChI is InChI=1S/C15H19N3/c1-11-17-14(9-12-5-3-2-4-6-12)15-8-7-13(16)10-18(11)15/h2-6,13H,7-10,16H2,1H3. The van der Waals surface area contributed by atoms with E-state index in [-0.39, 0.29) is 6.04 Å². The van der Waals surface area contributed by atoms with Gasteiger partial charge in [-0.2, -0.15) is 0 Å². The molecule has 1 aliphatic rings. The summed E-state index contributed by atoms with van der Waals surface area (Å²) < 4.78 is 2.30. The normalized spacial score (nSPS) is 18.7. The first kappa shape index (κ1) is 11.5. The lowest BCUT2D eigenvalue weighted by atomic mass is 10.0. The Balaban J connectivity index is 1.92. The number of hydrogen-bond donors (Lipinski definition) is 1. The highest BCUT2D eigenvalue weighted by Crippen LogP contribution is 2.22. The number of rotatable bonds is 2. The van der Waals surface area contributed by atoms with Crippen LogP contribution in [0.5, 0.6) is 0 Å². The third-order valence-corrected chi connectivity index (χ3v) is 3.73. The zero-order valence-corrected chi connectivity index (χ0v) is 10.8. The maximum Gasteiger partial charge on any atom is 0.106 e. The second kappa shape index (κ2) is 4.58. The van der Waals surface area contributed by atoms with Gasteiger partial charge < -0.3 is 10.3 Å². The molecule has 1 aromatic heterocycles. The van der Waals surface area contributed by atoms with E-state index in [1.807, 2.05) is 0 Å². The summed E-state index contributed by atoms with van der Waals surface area (Å²) in [5.74, 6) is 1.10. The van der Waals surface area contributed by atoms with E-state index in [1.165, 1.54) is 17.0 Å². The highest BCUT2D eigenvalue weighted by Gasteiger charge is 2.21. The molecule has 0 aliphatic carbocycles. The summed E-state index contributed by atoms with van der Waals surface area (Å²) in [5, 5.41) is 0. The Morgan fingerprint density at radius 3 is 2.89 bits per heavy atom. The van der Waals surface area contributed by atoms with Crippen molar-refractivity contribution in [1.82, 2.24) is 9.55 Å². The molecule has 0 fully saturated rings. The van der Waals surface area contributed by atoms with Crippen molar-refractivity contribution >= 4 is 0 Å². The Bertz CT molecular complexity index is 542. The van der Waals surface area contributed by atoms with E-state index in [4.69, 9.17) is 10.7 Å². The topological polar surface area (TPSA) is 43.8 Å². The minimum absolute atomic E-state index is 0.287. The number of nitrogens with two attached hydrogens (primary N) is 1. The molecule has 2 N–H and O–H groups in total. The van der Waals surface area contributed by atoms with Gasteiger partial charge in [0, 0.05) is 24.7 Å². The van der Waals surface area contributed by atoms with Crippen LogP contribution in [0.25, 0.3) is 0 Å². The molecule has 18 heavy (non-hydrogen) atoms. The second-order valence-corrected chi connectivity index (χ2v) is 5.12. The third kappa shape index (κ3) is 2.06. The van der Waals surface area contributed by atoms with Gasteiger partial charge in [0.15, 0.2) is 0 Å². The van der Waals surface area contributed by atoms with Crippen molar-refractivity contribution in [3.05, 3.63) is 53.1 Å². The first-order valence-corrected chi connectivity index (χ1v) is 6.58. The molecular formula is C15H19N3. The van der Waals surface area contributed by atoms with Gasteiger partial charge in [0.05, 0.1) is 5.69 Å². The molecule has 0 saturated heterocycles. The maximum absolute atomic E-state index is 6.03. The number of fused-ring (bicyclic) bond motifs is 1. The van der Waals surface area contributed by atoms with E-state index >= 15 is 0 Å². The van der Waals surface area contributed by atoms with Crippen LogP contribution in [0.2, 0.25) is 0 Å². The predicted molar refractivity (Wildman–Crippen MR) is 72.5 cm³/mol. The van der Waals surface area contributed by atoms with Crippen LogP contribution in [0.4, 0.5) is 0 Å². The minimum Gasteiger partial charge on any atom is -0.330 e. The van der Waals surface area contributed by atoms with Gasteiger partial charge >= 0.3 is 0 Å². The quantitative estimate of drug-likeness (QED) is 0.874. The number of hydrogen-bond acceptors (Lipinski definition) is 2. The van der Waals surface area contributed by atoms with Crippen molar-refractivity contribution in [1.29, 1.82) is 0 Å². The van der Waals surface area contributed by atoms with Crippen LogP contribution in [0, 0.1) is 6.92 Å². The van der Waals surface area contributed by atoms with Gasteiger partial charge in [-0.1, -0.05) is 30.3 Å². The summed E-state index contributed by atoms with van der Waals surface area (Å²) in [6, 6.07) is 10.8. The first-order valence-electron chi connectivity index (χ1n) is 6.58. The molecule has 2 aromatic rings. The van der Waals surface area contributed by atoms with E-state index in [0.717, 1.165) is 31.6 Å². The summed E-state index contributed by atoms with van der Waals surface area (Å²) in [7, 11) is 0. The fourth-order valence-corrected chi connectivity index (χ4v) is 2.77. The fraction of sp³-hybridized carbons (Fsp3) is 0.400. The largest absolute Gasteiger partial charge is 0.330 e. The number of aryl methyl sites for hydroxylation is 1. The van der Waals surface area contributed by atoms with Crippen molar-refractivity contribution in [3.63, 3.8) is 0 Å². The molecule has 94 valence electrons. The SMILES string of the molecule is Cc1nc(Cc2ccccc2)c2n1CC(N)CC2. The van der Waals surface area contributed by atoms with E-state index < -0.39 is 0 Å². The summed E-state index contributed by atoms with van der Waals surface area (Å²) in [6.45, 7) is 3.00. The number of imidazole rings is 1. The lowest BCUT2D eigenvalue weighted by molar-refractivity contribution is 0.452. The van der Waals surface area contributed by atoms with Crippen LogP contribution in [-0.4, -0.2) is 15.6 Å². The monoisotopic (exact) mass is 241 g/mol. The lowest BCUT2D eigenvalue weighted by Crippen LogP contribution is -2.32. The molecule has 0 bridgehead atoms. The number of aromatic nitrogens is 2. The average molecular weight is 241 g/mol. The van der Waals surface area contributed by atoms with Gasteiger partial charge in [-0.15, -0.1) is 0 Å². The molecule has 0 amide bonds. The van der Waals surface area contributed by atoms with Gasteiger partial charge in [0.25, 0.3) is 0 Å². The van der Waals surface area contributed by atoms with E-state index in [1.54, 1.807) is 0 Å². The second-order valence-electron chi connectivity index (χ2n) is 5.12. The Morgan fingerprint density at radius 1 is 1.33 bits per heavy atom. The molecular weight excluding hydrogens is 222 g/mol. The van der Waals surface area contributed by atoms with Gasteiger partial charge in [0.1, 0.15) is 5.82 Å². The molecule has 2 heterocycles. The van der Waals surface area contributed by atoms with Crippen molar-refractivity contribution in [3.8, 4) is 0 Å². The fourth-order valence-electron chi connectivity index (χ4n) is 2.77.